The van der Waals surface area contributed by atoms with Crippen LogP contribution in [0, 0.1) is 22.7 Å². The van der Waals surface area contributed by atoms with Crippen molar-refractivity contribution in [3.63, 3.8) is 0 Å². The molecular weight excluding hydrogens is 304 g/mol. The highest BCUT2D eigenvalue weighted by molar-refractivity contribution is 5.75. The lowest BCUT2D eigenvalue weighted by molar-refractivity contribution is -0.167. The monoisotopic (exact) mass is 336 g/mol. The van der Waals surface area contributed by atoms with Crippen LogP contribution in [0.5, 0.6) is 0 Å². The molecular formula is C20H32O4. The number of carboxylic acid groups (broad SMARTS) is 1. The molecule has 2 aliphatic rings. The normalized spacial score (nSPS) is 42.0. The molecule has 2 rings (SSSR count). The molecule has 4 nitrogen and oxygen atoms in total. The first kappa shape index (κ1) is 19.2. The zero-order valence-corrected chi connectivity index (χ0v) is 15.2. The van der Waals surface area contributed by atoms with Crippen LogP contribution in [-0.4, -0.2) is 33.0 Å². The molecule has 4 heteroatoms. The molecule has 3 N–H and O–H groups in total. The Morgan fingerprint density at radius 3 is 2.58 bits per heavy atom. The molecule has 0 aromatic carbocycles. The van der Waals surface area contributed by atoms with E-state index in [1.54, 1.807) is 6.92 Å². The number of rotatable bonds is 5. The number of aliphatic hydroxyl groups is 2. The molecule has 0 heterocycles. The van der Waals surface area contributed by atoms with Gasteiger partial charge in [0.1, 0.15) is 0 Å². The third-order valence-electron chi connectivity index (χ3n) is 6.97. The molecule has 2 saturated carbocycles. The summed E-state index contributed by atoms with van der Waals surface area (Å²) in [6.45, 7) is 13.5. The number of carbonyl (C=O) groups is 1. The summed E-state index contributed by atoms with van der Waals surface area (Å²) in [6, 6.07) is 0. The third-order valence-corrected chi connectivity index (χ3v) is 6.97. The number of aliphatic carboxylic acids is 1. The molecule has 0 aromatic rings. The second-order valence-electron chi connectivity index (χ2n) is 8.61. The average Bonchev–Trinajstić information content (AvgIpc) is 2.49. The molecule has 6 atom stereocenters. The van der Waals surface area contributed by atoms with E-state index in [-0.39, 0.29) is 17.3 Å². The van der Waals surface area contributed by atoms with Gasteiger partial charge in [0.15, 0.2) is 0 Å². The van der Waals surface area contributed by atoms with Crippen LogP contribution in [0.1, 0.15) is 59.3 Å². The first-order valence-corrected chi connectivity index (χ1v) is 8.94. The van der Waals surface area contributed by atoms with Crippen LogP contribution >= 0.6 is 0 Å². The van der Waals surface area contributed by atoms with Crippen LogP contribution in [0.15, 0.2) is 24.8 Å². The molecule has 2 aliphatic carbocycles. The molecule has 0 aliphatic heterocycles. The molecule has 2 fully saturated rings. The van der Waals surface area contributed by atoms with Crippen LogP contribution in [0.3, 0.4) is 0 Å². The predicted molar refractivity (Wildman–Crippen MR) is 94.5 cm³/mol. The predicted octanol–water partition coefficient (Wildman–Crippen LogP) is 3.54. The number of hydrogen-bond acceptors (Lipinski definition) is 3. The lowest BCUT2D eigenvalue weighted by Gasteiger charge is -2.58. The summed E-state index contributed by atoms with van der Waals surface area (Å²) >= 11 is 0. The fourth-order valence-electron chi connectivity index (χ4n) is 5.20. The van der Waals surface area contributed by atoms with Crippen molar-refractivity contribution in [1.82, 2.24) is 0 Å². The van der Waals surface area contributed by atoms with Crippen molar-refractivity contribution >= 4 is 5.97 Å². The topological polar surface area (TPSA) is 77.8 Å². The Kier molecular flexibility index (Phi) is 5.04. The van der Waals surface area contributed by atoms with Gasteiger partial charge in [-0.05, 0) is 68.8 Å². The fraction of sp³-hybridized carbons (Fsp3) is 0.750. The summed E-state index contributed by atoms with van der Waals surface area (Å²) in [5.41, 5.74) is -1.19. The van der Waals surface area contributed by atoms with Crippen molar-refractivity contribution in [1.29, 1.82) is 0 Å². The zero-order valence-electron chi connectivity index (χ0n) is 15.2. The summed E-state index contributed by atoms with van der Waals surface area (Å²) in [5.74, 6) is -0.845. The second-order valence-corrected chi connectivity index (χ2v) is 8.61. The van der Waals surface area contributed by atoms with E-state index >= 15 is 0 Å². The summed E-state index contributed by atoms with van der Waals surface area (Å²) in [7, 11) is 0. The van der Waals surface area contributed by atoms with Crippen molar-refractivity contribution in [2.24, 2.45) is 22.7 Å². The number of hydrogen-bond donors (Lipinski definition) is 3. The third kappa shape index (κ3) is 3.06. The smallest absolute Gasteiger partial charge is 0.309 e. The van der Waals surface area contributed by atoms with Gasteiger partial charge in [0.05, 0.1) is 17.1 Å². The molecule has 136 valence electrons. The van der Waals surface area contributed by atoms with Crippen molar-refractivity contribution in [2.45, 2.75) is 71.0 Å². The van der Waals surface area contributed by atoms with E-state index in [2.05, 4.69) is 20.1 Å². The highest BCUT2D eigenvalue weighted by Crippen LogP contribution is 2.62. The number of aliphatic hydroxyl groups excluding tert-OH is 1. The maximum absolute atomic E-state index is 12.0. The zero-order chi connectivity index (χ0) is 18.3. The van der Waals surface area contributed by atoms with E-state index in [1.807, 2.05) is 6.92 Å². The van der Waals surface area contributed by atoms with Gasteiger partial charge in [-0.3, -0.25) is 4.79 Å². The molecule has 0 saturated heterocycles. The highest BCUT2D eigenvalue weighted by atomic mass is 16.4. The fourth-order valence-corrected chi connectivity index (χ4v) is 5.20. The minimum Gasteiger partial charge on any atom is -0.481 e. The maximum atomic E-state index is 12.0. The van der Waals surface area contributed by atoms with E-state index in [0.717, 1.165) is 18.4 Å². The van der Waals surface area contributed by atoms with Crippen molar-refractivity contribution < 1.29 is 20.1 Å². The number of fused-ring (bicyclic) bond motifs is 1. The molecule has 0 aromatic heterocycles. The Bertz CT molecular complexity index is 538. The molecule has 0 bridgehead atoms. The van der Waals surface area contributed by atoms with Crippen LogP contribution in [0.25, 0.3) is 0 Å². The van der Waals surface area contributed by atoms with Crippen LogP contribution in [-0.2, 0) is 4.79 Å². The van der Waals surface area contributed by atoms with Gasteiger partial charge in [0.25, 0.3) is 0 Å². The summed E-state index contributed by atoms with van der Waals surface area (Å²) in [6.07, 6.45) is 5.00. The van der Waals surface area contributed by atoms with Crippen LogP contribution < -0.4 is 0 Å². The molecule has 24 heavy (non-hydrogen) atoms. The molecule has 0 radical (unpaired) electrons. The average molecular weight is 336 g/mol. The van der Waals surface area contributed by atoms with E-state index < -0.39 is 23.1 Å². The molecule has 0 amide bonds. The largest absolute Gasteiger partial charge is 0.481 e. The van der Waals surface area contributed by atoms with Gasteiger partial charge in [-0.2, -0.15) is 0 Å². The minimum atomic E-state index is -0.959. The molecule has 2 unspecified atom stereocenters. The van der Waals surface area contributed by atoms with Gasteiger partial charge in [-0.15, -0.1) is 6.58 Å². The van der Waals surface area contributed by atoms with Gasteiger partial charge in [0, 0.05) is 0 Å². The lowest BCUT2D eigenvalue weighted by Crippen LogP contribution is -2.56. The Morgan fingerprint density at radius 1 is 1.42 bits per heavy atom. The summed E-state index contributed by atoms with van der Waals surface area (Å²) < 4.78 is 0. The van der Waals surface area contributed by atoms with Crippen LogP contribution in [0.4, 0.5) is 0 Å². The number of carboxylic acids is 1. The Balaban J connectivity index is 2.36. The minimum absolute atomic E-state index is 0.0108. The van der Waals surface area contributed by atoms with E-state index in [1.165, 1.54) is 6.08 Å². The first-order valence-electron chi connectivity index (χ1n) is 8.94. The quantitative estimate of drug-likeness (QED) is 0.671. The summed E-state index contributed by atoms with van der Waals surface area (Å²) in [4.78, 5) is 12.0. The van der Waals surface area contributed by atoms with Gasteiger partial charge in [-0.25, -0.2) is 0 Å². The summed E-state index contributed by atoms with van der Waals surface area (Å²) in [5, 5.41) is 30.6. The van der Waals surface area contributed by atoms with E-state index in [0.29, 0.717) is 25.7 Å². The van der Waals surface area contributed by atoms with Gasteiger partial charge >= 0.3 is 5.97 Å². The highest BCUT2D eigenvalue weighted by Gasteiger charge is 2.59. The Labute approximate surface area is 145 Å². The SMILES string of the molecule is C=C[C@@](C)(O)CC[C@H]1C(=C)C(O)CC2[C@]1(C)CCC[C@]2(C)C(=O)O. The van der Waals surface area contributed by atoms with E-state index in [4.69, 9.17) is 0 Å². The second kappa shape index (κ2) is 6.30. The van der Waals surface area contributed by atoms with Crippen molar-refractivity contribution in [2.75, 3.05) is 0 Å². The lowest BCUT2D eigenvalue weighted by atomic mass is 9.46. The van der Waals surface area contributed by atoms with Crippen molar-refractivity contribution in [3.05, 3.63) is 24.8 Å². The Hall–Kier alpha value is -1.13. The standard InChI is InChI=1S/C20H32O4/c1-6-18(3,24)11-8-14-13(2)15(21)12-16-19(14,4)9-7-10-20(16,5)17(22)23/h6,14-16,21,24H,1-2,7-12H2,3-5H3,(H,22,23)/t14-,15?,16?,18+,19+,20-/m0/s1. The van der Waals surface area contributed by atoms with E-state index in [9.17, 15) is 20.1 Å². The van der Waals surface area contributed by atoms with Crippen molar-refractivity contribution in [3.8, 4) is 0 Å². The Morgan fingerprint density at radius 2 is 2.04 bits per heavy atom. The molecule has 0 spiro atoms. The maximum Gasteiger partial charge on any atom is 0.309 e. The first-order chi connectivity index (χ1) is 11.0. The van der Waals surface area contributed by atoms with Gasteiger partial charge in [0.2, 0.25) is 0 Å². The van der Waals surface area contributed by atoms with Gasteiger partial charge < -0.3 is 15.3 Å². The van der Waals surface area contributed by atoms with Crippen LogP contribution in [0.2, 0.25) is 0 Å². The van der Waals surface area contributed by atoms with Gasteiger partial charge in [-0.1, -0.05) is 26.0 Å².